The van der Waals surface area contributed by atoms with E-state index in [2.05, 4.69) is 15.6 Å². The minimum Gasteiger partial charge on any atom is -0.322 e. The molecular formula is C24H18ClN3O2S. The predicted octanol–water partition coefficient (Wildman–Crippen LogP) is 6.28. The number of aryl methyl sites for hydroxylation is 1. The summed E-state index contributed by atoms with van der Waals surface area (Å²) < 4.78 is 0. The molecule has 4 aromatic rings. The summed E-state index contributed by atoms with van der Waals surface area (Å²) in [5.41, 5.74) is 3.85. The number of hydrogen-bond donors (Lipinski definition) is 2. The second-order valence-corrected chi connectivity index (χ2v) is 8.11. The Morgan fingerprint density at radius 1 is 0.871 bits per heavy atom. The first-order valence-electron chi connectivity index (χ1n) is 9.49. The highest BCUT2D eigenvalue weighted by Gasteiger charge is 2.14. The van der Waals surface area contributed by atoms with E-state index >= 15 is 0 Å². The molecule has 1 heterocycles. The number of nitrogens with one attached hydrogen (secondary N) is 2. The van der Waals surface area contributed by atoms with Gasteiger partial charge in [-0.1, -0.05) is 41.9 Å². The van der Waals surface area contributed by atoms with Crippen LogP contribution in [0.1, 0.15) is 26.4 Å². The minimum absolute atomic E-state index is 0.276. The molecule has 3 aromatic carbocycles. The van der Waals surface area contributed by atoms with E-state index in [1.807, 2.05) is 42.6 Å². The van der Waals surface area contributed by atoms with Gasteiger partial charge in [-0.15, -0.1) is 11.3 Å². The van der Waals surface area contributed by atoms with Crippen LogP contribution < -0.4 is 10.6 Å². The van der Waals surface area contributed by atoms with E-state index in [4.69, 9.17) is 11.6 Å². The fraction of sp³-hybridized carbons (Fsp3) is 0.0417. The van der Waals surface area contributed by atoms with Gasteiger partial charge in [0.05, 0.1) is 10.6 Å². The lowest BCUT2D eigenvalue weighted by Crippen LogP contribution is -2.15. The van der Waals surface area contributed by atoms with Gasteiger partial charge in [0.2, 0.25) is 0 Å². The number of nitrogens with zero attached hydrogens (tertiary/aromatic N) is 1. The van der Waals surface area contributed by atoms with Gasteiger partial charge in [-0.25, -0.2) is 4.98 Å². The van der Waals surface area contributed by atoms with Gasteiger partial charge in [0.25, 0.3) is 11.8 Å². The molecule has 0 unspecified atom stereocenters. The van der Waals surface area contributed by atoms with Gasteiger partial charge in [0.15, 0.2) is 0 Å². The monoisotopic (exact) mass is 447 g/mol. The molecule has 0 radical (unpaired) electrons. The highest BCUT2D eigenvalue weighted by molar-refractivity contribution is 7.13. The highest BCUT2D eigenvalue weighted by atomic mass is 35.5. The van der Waals surface area contributed by atoms with Crippen LogP contribution in [-0.4, -0.2) is 16.8 Å². The zero-order valence-electron chi connectivity index (χ0n) is 16.6. The Labute approximate surface area is 188 Å². The standard InChI is InChI=1S/C24H18ClN3O2S/c1-15-14-31-24(26-15)17-9-7-16(8-10-17)22(29)28-19-11-12-21(25)20(13-19)23(30)27-18-5-3-2-4-6-18/h2-14H,1H3,(H,27,30)(H,28,29). The lowest BCUT2D eigenvalue weighted by molar-refractivity contribution is 0.101. The van der Waals surface area contributed by atoms with Crippen molar-refractivity contribution in [2.45, 2.75) is 6.92 Å². The normalized spacial score (nSPS) is 10.5. The second-order valence-electron chi connectivity index (χ2n) is 6.84. The van der Waals surface area contributed by atoms with Crippen molar-refractivity contribution in [1.29, 1.82) is 0 Å². The van der Waals surface area contributed by atoms with Crippen molar-refractivity contribution in [1.82, 2.24) is 4.98 Å². The number of aromatic nitrogens is 1. The quantitative estimate of drug-likeness (QED) is 0.378. The number of carbonyl (C=O) groups excluding carboxylic acids is 2. The Kier molecular flexibility index (Phi) is 6.11. The predicted molar refractivity (Wildman–Crippen MR) is 126 cm³/mol. The maximum Gasteiger partial charge on any atom is 0.257 e. The van der Waals surface area contributed by atoms with E-state index in [1.54, 1.807) is 53.8 Å². The molecule has 154 valence electrons. The van der Waals surface area contributed by atoms with Crippen molar-refractivity contribution >= 4 is 46.1 Å². The van der Waals surface area contributed by atoms with Gasteiger partial charge in [-0.05, 0) is 49.4 Å². The third-order valence-corrected chi connectivity index (χ3v) is 5.85. The Hall–Kier alpha value is -3.48. The average Bonchev–Trinajstić information content (AvgIpc) is 3.22. The summed E-state index contributed by atoms with van der Waals surface area (Å²) in [4.78, 5) is 29.7. The number of rotatable bonds is 5. The fourth-order valence-electron chi connectivity index (χ4n) is 2.95. The Balaban J connectivity index is 1.48. The van der Waals surface area contributed by atoms with Crippen LogP contribution in [0.4, 0.5) is 11.4 Å². The average molecular weight is 448 g/mol. The molecule has 2 N–H and O–H groups in total. The molecule has 0 spiro atoms. The molecule has 5 nitrogen and oxygen atoms in total. The van der Waals surface area contributed by atoms with Crippen molar-refractivity contribution in [2.24, 2.45) is 0 Å². The molecule has 0 aliphatic carbocycles. The molecule has 0 saturated carbocycles. The molecular weight excluding hydrogens is 430 g/mol. The number of para-hydroxylation sites is 1. The van der Waals surface area contributed by atoms with E-state index < -0.39 is 0 Å². The first kappa shape index (κ1) is 20.8. The molecule has 1 aromatic heterocycles. The molecule has 0 atom stereocenters. The van der Waals surface area contributed by atoms with Crippen molar-refractivity contribution in [2.75, 3.05) is 10.6 Å². The first-order chi connectivity index (χ1) is 15.0. The molecule has 2 amide bonds. The molecule has 0 bridgehead atoms. The molecule has 0 saturated heterocycles. The topological polar surface area (TPSA) is 71.1 Å². The SMILES string of the molecule is Cc1csc(-c2ccc(C(=O)Nc3ccc(Cl)c(C(=O)Nc4ccccc4)c3)cc2)n1. The van der Waals surface area contributed by atoms with Crippen LogP contribution in [0.3, 0.4) is 0 Å². The van der Waals surface area contributed by atoms with Crippen LogP contribution >= 0.6 is 22.9 Å². The second kappa shape index (κ2) is 9.12. The number of anilines is 2. The van der Waals surface area contributed by atoms with Crippen molar-refractivity contribution < 1.29 is 9.59 Å². The molecule has 31 heavy (non-hydrogen) atoms. The lowest BCUT2D eigenvalue weighted by atomic mass is 10.1. The van der Waals surface area contributed by atoms with Crippen LogP contribution in [0.2, 0.25) is 5.02 Å². The van der Waals surface area contributed by atoms with Crippen LogP contribution in [0.5, 0.6) is 0 Å². The number of amides is 2. The van der Waals surface area contributed by atoms with Gasteiger partial charge in [-0.3, -0.25) is 9.59 Å². The largest absolute Gasteiger partial charge is 0.322 e. The number of halogens is 1. The van der Waals surface area contributed by atoms with E-state index in [0.717, 1.165) is 16.3 Å². The summed E-state index contributed by atoms with van der Waals surface area (Å²) in [6.45, 7) is 1.95. The molecule has 0 aliphatic rings. The summed E-state index contributed by atoms with van der Waals surface area (Å²) in [7, 11) is 0. The van der Waals surface area contributed by atoms with Gasteiger partial charge < -0.3 is 10.6 Å². The number of thiazole rings is 1. The third-order valence-electron chi connectivity index (χ3n) is 4.51. The summed E-state index contributed by atoms with van der Waals surface area (Å²) in [6.07, 6.45) is 0. The van der Waals surface area contributed by atoms with Gasteiger partial charge >= 0.3 is 0 Å². The number of benzene rings is 3. The Morgan fingerprint density at radius 2 is 1.58 bits per heavy atom. The first-order valence-corrected chi connectivity index (χ1v) is 10.8. The maximum absolute atomic E-state index is 12.7. The maximum atomic E-state index is 12.7. The lowest BCUT2D eigenvalue weighted by Gasteiger charge is -2.10. The summed E-state index contributed by atoms with van der Waals surface area (Å²) >= 11 is 7.77. The highest BCUT2D eigenvalue weighted by Crippen LogP contribution is 2.25. The smallest absolute Gasteiger partial charge is 0.257 e. The van der Waals surface area contributed by atoms with E-state index in [9.17, 15) is 9.59 Å². The van der Waals surface area contributed by atoms with E-state index in [-0.39, 0.29) is 17.4 Å². The Morgan fingerprint density at radius 3 is 2.26 bits per heavy atom. The van der Waals surface area contributed by atoms with Crippen LogP contribution in [-0.2, 0) is 0 Å². The van der Waals surface area contributed by atoms with Crippen molar-refractivity contribution in [3.8, 4) is 10.6 Å². The molecule has 4 rings (SSSR count). The number of carbonyl (C=O) groups is 2. The van der Waals surface area contributed by atoms with Gasteiger partial charge in [0.1, 0.15) is 5.01 Å². The Bertz CT molecular complexity index is 1240. The van der Waals surface area contributed by atoms with Crippen molar-refractivity contribution in [3.63, 3.8) is 0 Å². The van der Waals surface area contributed by atoms with E-state index in [1.165, 1.54) is 0 Å². The zero-order valence-corrected chi connectivity index (χ0v) is 18.1. The number of hydrogen-bond acceptors (Lipinski definition) is 4. The fourth-order valence-corrected chi connectivity index (χ4v) is 3.96. The van der Waals surface area contributed by atoms with Crippen LogP contribution in [0.15, 0.2) is 78.2 Å². The van der Waals surface area contributed by atoms with E-state index in [0.29, 0.717) is 22.0 Å². The van der Waals surface area contributed by atoms with Crippen LogP contribution in [0.25, 0.3) is 10.6 Å². The minimum atomic E-state index is -0.351. The molecule has 7 heteroatoms. The zero-order chi connectivity index (χ0) is 21.8. The third kappa shape index (κ3) is 4.99. The van der Waals surface area contributed by atoms with Crippen LogP contribution in [0, 0.1) is 6.92 Å². The summed E-state index contributed by atoms with van der Waals surface area (Å²) in [5, 5.41) is 8.81. The molecule has 0 aliphatic heterocycles. The van der Waals surface area contributed by atoms with Gasteiger partial charge in [-0.2, -0.15) is 0 Å². The van der Waals surface area contributed by atoms with Gasteiger partial charge in [0, 0.05) is 33.6 Å². The van der Waals surface area contributed by atoms with Crippen molar-refractivity contribution in [3.05, 3.63) is 100 Å². The molecule has 0 fully saturated rings. The summed E-state index contributed by atoms with van der Waals surface area (Å²) in [5.74, 6) is -0.631. The summed E-state index contributed by atoms with van der Waals surface area (Å²) in [6, 6.07) is 21.1.